The fraction of sp³-hybridized carbons (Fsp3) is 0.833. The largest absolute Gasteiger partial charge is 0.481 e. The molecule has 0 aromatic rings. The third-order valence-electron chi connectivity index (χ3n) is 2.96. The molecule has 5 heteroatoms. The molecule has 3 N–H and O–H groups in total. The number of hydrogen-bond donors (Lipinski definition) is 3. The highest BCUT2D eigenvalue weighted by atomic mass is 16.4. The highest BCUT2D eigenvalue weighted by Gasteiger charge is 2.21. The summed E-state index contributed by atoms with van der Waals surface area (Å²) in [6.07, 6.45) is 2.83. The van der Waals surface area contributed by atoms with Crippen LogP contribution in [0.1, 0.15) is 47.0 Å². The molecule has 0 rings (SSSR count). The van der Waals surface area contributed by atoms with E-state index in [-0.39, 0.29) is 18.1 Å². The maximum Gasteiger partial charge on any atom is 0.315 e. The summed E-state index contributed by atoms with van der Waals surface area (Å²) in [6, 6.07) is -0.509. The molecule has 0 fully saturated rings. The summed E-state index contributed by atoms with van der Waals surface area (Å²) in [6.45, 7) is 7.36. The van der Waals surface area contributed by atoms with Crippen molar-refractivity contribution < 1.29 is 14.7 Å². The van der Waals surface area contributed by atoms with E-state index in [1.165, 1.54) is 0 Å². The molecule has 0 aromatic heterocycles. The van der Waals surface area contributed by atoms with Gasteiger partial charge >= 0.3 is 12.0 Å². The third kappa shape index (κ3) is 6.14. The minimum Gasteiger partial charge on any atom is -0.481 e. The quantitative estimate of drug-likeness (QED) is 0.640. The standard InChI is InChI=1S/C12H24N2O3/c1-5-7-10(6-2)14-12(17)13-9(4)8(3)11(15)16/h8-10H,5-7H2,1-4H3,(H,15,16)(H2,13,14,17). The van der Waals surface area contributed by atoms with Crippen LogP contribution in [0.2, 0.25) is 0 Å². The maximum atomic E-state index is 11.6. The van der Waals surface area contributed by atoms with Crippen molar-refractivity contribution >= 4 is 12.0 Å². The summed E-state index contributed by atoms with van der Waals surface area (Å²) >= 11 is 0. The lowest BCUT2D eigenvalue weighted by Crippen LogP contribution is -2.48. The van der Waals surface area contributed by atoms with Crippen molar-refractivity contribution in [3.63, 3.8) is 0 Å². The van der Waals surface area contributed by atoms with E-state index in [9.17, 15) is 9.59 Å². The number of rotatable bonds is 7. The highest BCUT2D eigenvalue weighted by Crippen LogP contribution is 2.03. The Morgan fingerprint density at radius 1 is 1.18 bits per heavy atom. The van der Waals surface area contributed by atoms with Crippen LogP contribution in [0.25, 0.3) is 0 Å². The van der Waals surface area contributed by atoms with E-state index in [0.717, 1.165) is 19.3 Å². The summed E-state index contributed by atoms with van der Waals surface area (Å²) in [7, 11) is 0. The number of carbonyl (C=O) groups excluding carboxylic acids is 1. The van der Waals surface area contributed by atoms with Gasteiger partial charge in [0.2, 0.25) is 0 Å². The Balaban J connectivity index is 4.12. The fourth-order valence-electron chi connectivity index (χ4n) is 1.50. The smallest absolute Gasteiger partial charge is 0.315 e. The number of carboxylic acids is 1. The van der Waals surface area contributed by atoms with Gasteiger partial charge in [-0.1, -0.05) is 20.3 Å². The summed E-state index contributed by atoms with van der Waals surface area (Å²) in [5.41, 5.74) is 0. The molecule has 3 unspecified atom stereocenters. The first-order chi connectivity index (χ1) is 7.92. The van der Waals surface area contributed by atoms with Gasteiger partial charge in [0.05, 0.1) is 5.92 Å². The molecule has 0 spiro atoms. The van der Waals surface area contributed by atoms with Crippen LogP contribution < -0.4 is 10.6 Å². The maximum absolute atomic E-state index is 11.6. The Kier molecular flexibility index (Phi) is 7.34. The van der Waals surface area contributed by atoms with Gasteiger partial charge in [0, 0.05) is 12.1 Å². The normalized spacial score (nSPS) is 15.8. The van der Waals surface area contributed by atoms with E-state index in [4.69, 9.17) is 5.11 Å². The average molecular weight is 244 g/mol. The summed E-state index contributed by atoms with van der Waals surface area (Å²) in [5.74, 6) is -1.49. The Morgan fingerprint density at radius 2 is 1.76 bits per heavy atom. The molecule has 0 heterocycles. The molecule has 0 bridgehead atoms. The van der Waals surface area contributed by atoms with E-state index >= 15 is 0 Å². The van der Waals surface area contributed by atoms with Crippen LogP contribution >= 0.6 is 0 Å². The van der Waals surface area contributed by atoms with Crippen molar-refractivity contribution in [2.24, 2.45) is 5.92 Å². The van der Waals surface area contributed by atoms with E-state index in [1.807, 2.05) is 6.92 Å². The van der Waals surface area contributed by atoms with Crippen molar-refractivity contribution in [2.75, 3.05) is 0 Å². The number of nitrogens with one attached hydrogen (secondary N) is 2. The molecule has 3 atom stereocenters. The predicted molar refractivity (Wildman–Crippen MR) is 66.9 cm³/mol. The second kappa shape index (κ2) is 7.92. The second-order valence-electron chi connectivity index (χ2n) is 4.43. The second-order valence-corrected chi connectivity index (χ2v) is 4.43. The van der Waals surface area contributed by atoms with Crippen molar-refractivity contribution in [1.29, 1.82) is 0 Å². The van der Waals surface area contributed by atoms with E-state index in [1.54, 1.807) is 13.8 Å². The van der Waals surface area contributed by atoms with Crippen LogP contribution in [0.15, 0.2) is 0 Å². The van der Waals surface area contributed by atoms with Crippen molar-refractivity contribution in [2.45, 2.75) is 59.0 Å². The van der Waals surface area contributed by atoms with Gasteiger partial charge in [0.1, 0.15) is 0 Å². The van der Waals surface area contributed by atoms with Gasteiger partial charge in [0.25, 0.3) is 0 Å². The van der Waals surface area contributed by atoms with Crippen LogP contribution in [0, 0.1) is 5.92 Å². The molecule has 5 nitrogen and oxygen atoms in total. The minimum atomic E-state index is -0.904. The summed E-state index contributed by atoms with van der Waals surface area (Å²) in [4.78, 5) is 22.3. The van der Waals surface area contributed by atoms with Gasteiger partial charge in [-0.3, -0.25) is 4.79 Å². The van der Waals surface area contributed by atoms with Crippen LogP contribution in [0.3, 0.4) is 0 Å². The van der Waals surface area contributed by atoms with E-state index in [0.29, 0.717) is 0 Å². The molecule has 0 saturated heterocycles. The predicted octanol–water partition coefficient (Wildman–Crippen LogP) is 1.97. The average Bonchev–Trinajstić information content (AvgIpc) is 2.26. The molecule has 0 aromatic carbocycles. The first kappa shape index (κ1) is 15.7. The fourth-order valence-corrected chi connectivity index (χ4v) is 1.50. The first-order valence-electron chi connectivity index (χ1n) is 6.22. The lowest BCUT2D eigenvalue weighted by atomic mass is 10.0. The number of urea groups is 1. The Hall–Kier alpha value is -1.26. The van der Waals surface area contributed by atoms with Crippen molar-refractivity contribution in [3.05, 3.63) is 0 Å². The molecule has 0 saturated carbocycles. The monoisotopic (exact) mass is 244 g/mol. The van der Waals surface area contributed by atoms with Gasteiger partial charge in [0.15, 0.2) is 0 Å². The zero-order valence-corrected chi connectivity index (χ0v) is 11.1. The number of amides is 2. The number of hydrogen-bond acceptors (Lipinski definition) is 2. The van der Waals surface area contributed by atoms with Crippen molar-refractivity contribution in [3.8, 4) is 0 Å². The molecule has 0 aliphatic heterocycles. The molecule has 0 radical (unpaired) electrons. The molecule has 100 valence electrons. The topological polar surface area (TPSA) is 78.4 Å². The zero-order valence-electron chi connectivity index (χ0n) is 11.1. The lowest BCUT2D eigenvalue weighted by Gasteiger charge is -2.21. The van der Waals surface area contributed by atoms with Gasteiger partial charge in [-0.25, -0.2) is 4.79 Å². The van der Waals surface area contributed by atoms with Crippen LogP contribution in [-0.4, -0.2) is 29.2 Å². The van der Waals surface area contributed by atoms with Crippen LogP contribution in [-0.2, 0) is 4.79 Å². The van der Waals surface area contributed by atoms with Crippen LogP contribution in [0.5, 0.6) is 0 Å². The molecule has 17 heavy (non-hydrogen) atoms. The number of carboxylic acid groups (broad SMARTS) is 1. The van der Waals surface area contributed by atoms with Crippen molar-refractivity contribution in [1.82, 2.24) is 10.6 Å². The lowest BCUT2D eigenvalue weighted by molar-refractivity contribution is -0.141. The molecular weight excluding hydrogens is 220 g/mol. The molecular formula is C12H24N2O3. The SMILES string of the molecule is CCCC(CC)NC(=O)NC(C)C(C)C(=O)O. The Labute approximate surface area is 103 Å². The zero-order chi connectivity index (χ0) is 13.4. The van der Waals surface area contributed by atoms with Gasteiger partial charge in [-0.15, -0.1) is 0 Å². The summed E-state index contributed by atoms with van der Waals surface area (Å²) < 4.78 is 0. The van der Waals surface area contributed by atoms with Gasteiger partial charge < -0.3 is 15.7 Å². The molecule has 0 aliphatic rings. The molecule has 2 amide bonds. The number of aliphatic carboxylic acids is 1. The van der Waals surface area contributed by atoms with E-state index in [2.05, 4.69) is 17.6 Å². The highest BCUT2D eigenvalue weighted by molar-refractivity contribution is 5.76. The first-order valence-corrected chi connectivity index (χ1v) is 6.22. The number of carbonyl (C=O) groups is 2. The van der Waals surface area contributed by atoms with E-state index < -0.39 is 11.9 Å². The van der Waals surface area contributed by atoms with Gasteiger partial charge in [-0.2, -0.15) is 0 Å². The minimum absolute atomic E-state index is 0.160. The Morgan fingerprint density at radius 3 is 2.18 bits per heavy atom. The summed E-state index contributed by atoms with van der Waals surface area (Å²) in [5, 5.41) is 14.3. The third-order valence-corrected chi connectivity index (χ3v) is 2.96. The van der Waals surface area contributed by atoms with Crippen LogP contribution in [0.4, 0.5) is 4.79 Å². The molecule has 0 aliphatic carbocycles. The Bertz CT molecular complexity index is 256. The van der Waals surface area contributed by atoms with Gasteiger partial charge in [-0.05, 0) is 26.7 Å².